The van der Waals surface area contributed by atoms with Crippen LogP contribution in [-0.2, 0) is 11.2 Å². The lowest BCUT2D eigenvalue weighted by molar-refractivity contribution is -0.128. The number of hydrogen-bond acceptors (Lipinski definition) is 2. The van der Waals surface area contributed by atoms with Gasteiger partial charge in [-0.15, -0.1) is 0 Å². The molecule has 1 amide bonds. The molecule has 0 aliphatic carbocycles. The molecule has 0 spiro atoms. The third-order valence-electron chi connectivity index (χ3n) is 5.66. The van der Waals surface area contributed by atoms with E-state index in [0.29, 0.717) is 0 Å². The van der Waals surface area contributed by atoms with Crippen molar-refractivity contribution in [1.29, 1.82) is 0 Å². The molecule has 1 aromatic carbocycles. The van der Waals surface area contributed by atoms with Crippen molar-refractivity contribution in [3.05, 3.63) is 46.9 Å². The van der Waals surface area contributed by atoms with Crippen molar-refractivity contribution in [2.75, 3.05) is 13.1 Å². The van der Waals surface area contributed by atoms with Crippen LogP contribution in [-0.4, -0.2) is 33.4 Å². The minimum absolute atomic E-state index is 0.212. The van der Waals surface area contributed by atoms with Crippen molar-refractivity contribution in [3.63, 3.8) is 0 Å². The molecule has 1 aromatic heterocycles. The predicted octanol–water partition coefficient (Wildman–Crippen LogP) is 4.21. The number of aryl methyl sites for hydroxylation is 2. The van der Waals surface area contributed by atoms with Crippen LogP contribution in [0, 0.1) is 19.8 Å². The Bertz CT molecular complexity index is 854. The van der Waals surface area contributed by atoms with E-state index in [2.05, 4.69) is 55.8 Å². The average Bonchev–Trinajstić information content (AvgIpc) is 2.96. The molecule has 4 heteroatoms. The van der Waals surface area contributed by atoms with Crippen molar-refractivity contribution >= 4 is 12.1 Å². The molecule has 0 saturated carbocycles. The van der Waals surface area contributed by atoms with Crippen molar-refractivity contribution in [1.82, 2.24) is 14.5 Å². The summed E-state index contributed by atoms with van der Waals surface area (Å²) in [4.78, 5) is 19.9. The van der Waals surface area contributed by atoms with Gasteiger partial charge in [0.05, 0.1) is 11.4 Å². The topological polar surface area (TPSA) is 38.1 Å². The lowest BCUT2D eigenvalue weighted by Crippen LogP contribution is -2.38. The number of carbonyl (C=O) groups is 1. The van der Waals surface area contributed by atoms with Crippen molar-refractivity contribution in [2.24, 2.45) is 5.92 Å². The van der Waals surface area contributed by atoms with Gasteiger partial charge in [-0.1, -0.05) is 36.8 Å². The maximum atomic E-state index is 13.1. The van der Waals surface area contributed by atoms with Gasteiger partial charge in [0.25, 0.3) is 5.91 Å². The molecule has 2 aliphatic heterocycles. The Kier molecular flexibility index (Phi) is 4.43. The first kappa shape index (κ1) is 17.1. The summed E-state index contributed by atoms with van der Waals surface area (Å²) in [6, 6.07) is 8.54. The lowest BCUT2D eigenvalue weighted by atomic mass is 9.93. The van der Waals surface area contributed by atoms with Gasteiger partial charge in [-0.2, -0.15) is 0 Å². The number of likely N-dealkylation sites (tertiary alicyclic amines) is 1. The SMILES string of the molecule is Cc1ccc(-c2c(C)nc3n2C=C(C(=O)N2CCCCC2)C(C)C3)cc1. The molecule has 2 aromatic rings. The number of rotatable bonds is 2. The van der Waals surface area contributed by atoms with E-state index < -0.39 is 0 Å². The number of carbonyl (C=O) groups excluding carboxylic acids is 1. The Morgan fingerprint density at radius 2 is 1.77 bits per heavy atom. The summed E-state index contributed by atoms with van der Waals surface area (Å²) < 4.78 is 2.15. The molecule has 3 heterocycles. The van der Waals surface area contributed by atoms with Crippen LogP contribution in [0.2, 0.25) is 0 Å². The summed E-state index contributed by atoms with van der Waals surface area (Å²) in [6.07, 6.45) is 6.35. The first-order valence-corrected chi connectivity index (χ1v) is 9.70. The van der Waals surface area contributed by atoms with Gasteiger partial charge in [0.15, 0.2) is 0 Å². The van der Waals surface area contributed by atoms with Crippen molar-refractivity contribution in [2.45, 2.75) is 46.5 Å². The van der Waals surface area contributed by atoms with E-state index in [0.717, 1.165) is 60.7 Å². The fourth-order valence-electron chi connectivity index (χ4n) is 4.14. The highest BCUT2D eigenvalue weighted by Crippen LogP contribution is 2.33. The van der Waals surface area contributed by atoms with Gasteiger partial charge in [0.1, 0.15) is 5.82 Å². The third-order valence-corrected chi connectivity index (χ3v) is 5.66. The van der Waals surface area contributed by atoms with Gasteiger partial charge in [0.2, 0.25) is 0 Å². The van der Waals surface area contributed by atoms with Gasteiger partial charge in [-0.3, -0.25) is 4.79 Å². The first-order chi connectivity index (χ1) is 12.5. The number of fused-ring (bicyclic) bond motifs is 1. The molecule has 26 heavy (non-hydrogen) atoms. The number of nitrogens with zero attached hydrogens (tertiary/aromatic N) is 3. The number of imidazole rings is 1. The Morgan fingerprint density at radius 1 is 1.08 bits per heavy atom. The Morgan fingerprint density at radius 3 is 2.46 bits per heavy atom. The van der Waals surface area contributed by atoms with E-state index in [-0.39, 0.29) is 11.8 Å². The second kappa shape index (κ2) is 6.75. The number of aromatic nitrogens is 2. The molecule has 1 atom stereocenters. The van der Waals surface area contributed by atoms with Gasteiger partial charge in [0, 0.05) is 36.8 Å². The molecular formula is C22H27N3O. The number of piperidine rings is 1. The van der Waals surface area contributed by atoms with Crippen molar-refractivity contribution in [3.8, 4) is 11.3 Å². The normalized spacial score (nSPS) is 19.9. The molecular weight excluding hydrogens is 322 g/mol. The summed E-state index contributed by atoms with van der Waals surface area (Å²) in [7, 11) is 0. The zero-order valence-electron chi connectivity index (χ0n) is 16.0. The fourth-order valence-corrected chi connectivity index (χ4v) is 4.14. The first-order valence-electron chi connectivity index (χ1n) is 9.70. The highest BCUT2D eigenvalue weighted by Gasteiger charge is 2.30. The largest absolute Gasteiger partial charge is 0.339 e. The van der Waals surface area contributed by atoms with E-state index in [4.69, 9.17) is 4.98 Å². The predicted molar refractivity (Wildman–Crippen MR) is 105 cm³/mol. The van der Waals surface area contributed by atoms with Crippen molar-refractivity contribution < 1.29 is 4.79 Å². The molecule has 1 unspecified atom stereocenters. The molecule has 136 valence electrons. The molecule has 4 nitrogen and oxygen atoms in total. The Balaban J connectivity index is 1.75. The Labute approximate surface area is 155 Å². The summed E-state index contributed by atoms with van der Waals surface area (Å²) in [5, 5.41) is 0. The van der Waals surface area contributed by atoms with Crippen LogP contribution in [0.25, 0.3) is 17.5 Å². The van der Waals surface area contributed by atoms with Crippen LogP contribution in [0.1, 0.15) is 43.3 Å². The van der Waals surface area contributed by atoms with Gasteiger partial charge >= 0.3 is 0 Å². The lowest BCUT2D eigenvalue weighted by Gasteiger charge is -2.31. The van der Waals surface area contributed by atoms with E-state index in [1.54, 1.807) is 0 Å². The molecule has 2 aliphatic rings. The standard InChI is InChI=1S/C22H27N3O/c1-15-7-9-18(10-8-15)21-17(3)23-20-13-16(2)19(14-25(20)21)22(26)24-11-5-4-6-12-24/h7-10,14,16H,4-6,11-13H2,1-3H3. The van der Waals surface area contributed by atoms with E-state index in [1.807, 2.05) is 4.90 Å². The van der Waals surface area contributed by atoms with Gasteiger partial charge in [-0.25, -0.2) is 4.98 Å². The minimum Gasteiger partial charge on any atom is -0.339 e. The second-order valence-electron chi connectivity index (χ2n) is 7.74. The molecule has 1 saturated heterocycles. The van der Waals surface area contributed by atoms with E-state index >= 15 is 0 Å². The number of benzene rings is 1. The van der Waals surface area contributed by atoms with Gasteiger partial charge < -0.3 is 9.47 Å². The van der Waals surface area contributed by atoms with E-state index in [9.17, 15) is 4.79 Å². The van der Waals surface area contributed by atoms with Crippen LogP contribution < -0.4 is 0 Å². The minimum atomic E-state index is 0.212. The van der Waals surface area contributed by atoms with Crippen LogP contribution in [0.15, 0.2) is 29.8 Å². The van der Waals surface area contributed by atoms with Crippen LogP contribution >= 0.6 is 0 Å². The summed E-state index contributed by atoms with van der Waals surface area (Å²) in [6.45, 7) is 8.09. The summed E-state index contributed by atoms with van der Waals surface area (Å²) in [5.74, 6) is 1.48. The van der Waals surface area contributed by atoms with Gasteiger partial charge in [-0.05, 0) is 39.0 Å². The van der Waals surface area contributed by atoms with Crippen LogP contribution in [0.4, 0.5) is 0 Å². The molecule has 0 radical (unpaired) electrons. The number of hydrogen-bond donors (Lipinski definition) is 0. The monoisotopic (exact) mass is 349 g/mol. The third kappa shape index (κ3) is 2.98. The smallest absolute Gasteiger partial charge is 0.251 e. The fraction of sp³-hybridized carbons (Fsp3) is 0.455. The Hall–Kier alpha value is -2.36. The average molecular weight is 349 g/mol. The quantitative estimate of drug-likeness (QED) is 0.814. The molecule has 0 N–H and O–H groups in total. The van der Waals surface area contributed by atoms with Crippen LogP contribution in [0.3, 0.4) is 0 Å². The van der Waals surface area contributed by atoms with E-state index in [1.165, 1.54) is 12.0 Å². The molecule has 4 rings (SSSR count). The molecule has 0 bridgehead atoms. The summed E-state index contributed by atoms with van der Waals surface area (Å²) in [5.41, 5.74) is 5.46. The second-order valence-corrected chi connectivity index (χ2v) is 7.74. The maximum absolute atomic E-state index is 13.1. The zero-order chi connectivity index (χ0) is 18.3. The zero-order valence-corrected chi connectivity index (χ0v) is 16.0. The van der Waals surface area contributed by atoms with Crippen LogP contribution in [0.5, 0.6) is 0 Å². The molecule has 1 fully saturated rings. The highest BCUT2D eigenvalue weighted by atomic mass is 16.2. The number of amides is 1. The maximum Gasteiger partial charge on any atom is 0.251 e. The highest BCUT2D eigenvalue weighted by molar-refractivity contribution is 5.97. The summed E-state index contributed by atoms with van der Waals surface area (Å²) >= 11 is 0.